The Morgan fingerprint density at radius 3 is 2.24 bits per heavy atom. The van der Waals surface area contributed by atoms with Crippen molar-refractivity contribution in [1.29, 1.82) is 0 Å². The number of pyridine rings is 3. The van der Waals surface area contributed by atoms with E-state index in [0.29, 0.717) is 0 Å². The second-order valence-corrected chi connectivity index (χ2v) is 11.0. The van der Waals surface area contributed by atoms with Crippen molar-refractivity contribution >= 4 is 60.2 Å². The van der Waals surface area contributed by atoms with Crippen LogP contribution in [-0.2, 0) is 6.42 Å². The van der Waals surface area contributed by atoms with Gasteiger partial charge in [-0.05, 0) is 82.6 Å². The van der Waals surface area contributed by atoms with E-state index in [9.17, 15) is 0 Å². The lowest BCUT2D eigenvalue weighted by atomic mass is 10.0. The minimum Gasteiger partial charge on any atom is -0.309 e. The molecule has 1 aliphatic carbocycles. The molecular formula is C36H21N5. The number of fused-ring (bicyclic) bond motifs is 14. The van der Waals surface area contributed by atoms with E-state index in [1.54, 1.807) is 0 Å². The van der Waals surface area contributed by atoms with Crippen LogP contribution >= 0.6 is 0 Å². The van der Waals surface area contributed by atoms with Crippen molar-refractivity contribution in [3.8, 4) is 16.8 Å². The molecule has 0 amide bonds. The molecule has 0 atom stereocenters. The second-order valence-electron chi connectivity index (χ2n) is 11.0. The van der Waals surface area contributed by atoms with Gasteiger partial charge in [-0.15, -0.1) is 0 Å². The summed E-state index contributed by atoms with van der Waals surface area (Å²) < 4.78 is 4.64. The summed E-state index contributed by atoms with van der Waals surface area (Å²) in [5.41, 5.74) is 12.9. The first-order valence-corrected chi connectivity index (χ1v) is 13.9. The van der Waals surface area contributed by atoms with Gasteiger partial charge in [-0.3, -0.25) is 14.4 Å². The molecule has 0 radical (unpaired) electrons. The molecule has 1 aliphatic rings. The predicted molar refractivity (Wildman–Crippen MR) is 166 cm³/mol. The van der Waals surface area contributed by atoms with Crippen LogP contribution in [0.1, 0.15) is 11.1 Å². The Kier molecular flexibility index (Phi) is 3.92. The summed E-state index contributed by atoms with van der Waals surface area (Å²) in [6.45, 7) is 0. The standard InChI is InChI=1S/C36H21N5/c1-2-7-23(8-3-1)40-32-17-26-22(14-21-6-4-5-9-24(21)26)15-28(32)29-16-30-27(18-33(29)40)25-10-12-37-19-34(25)41-35-20-38-13-11-31(35)39-36(30)41/h1-13,15-20H,14H2. The van der Waals surface area contributed by atoms with Crippen LogP contribution in [0, 0.1) is 0 Å². The smallest absolute Gasteiger partial charge is 0.146 e. The maximum Gasteiger partial charge on any atom is 0.146 e. The second kappa shape index (κ2) is 7.55. The van der Waals surface area contributed by atoms with E-state index in [2.05, 4.69) is 104 Å². The summed E-state index contributed by atoms with van der Waals surface area (Å²) in [6, 6.07) is 33.2. The van der Waals surface area contributed by atoms with E-state index in [4.69, 9.17) is 4.98 Å². The average molecular weight is 524 g/mol. The molecule has 0 aliphatic heterocycles. The molecule has 0 spiro atoms. The molecular weight excluding hydrogens is 502 g/mol. The number of benzene rings is 4. The molecule has 5 heterocycles. The van der Waals surface area contributed by atoms with Gasteiger partial charge in [0.2, 0.25) is 0 Å². The van der Waals surface area contributed by atoms with Crippen LogP contribution in [0.3, 0.4) is 0 Å². The van der Waals surface area contributed by atoms with Crippen LogP contribution in [0.25, 0.3) is 77.0 Å². The van der Waals surface area contributed by atoms with Crippen LogP contribution in [0.5, 0.6) is 0 Å². The third-order valence-electron chi connectivity index (χ3n) is 8.86. The van der Waals surface area contributed by atoms with E-state index < -0.39 is 0 Å². The summed E-state index contributed by atoms with van der Waals surface area (Å²) in [5, 5.41) is 5.94. The van der Waals surface area contributed by atoms with Gasteiger partial charge in [0.25, 0.3) is 0 Å². The number of hydrogen-bond acceptors (Lipinski definition) is 3. The number of rotatable bonds is 1. The van der Waals surface area contributed by atoms with E-state index in [0.717, 1.165) is 45.1 Å². The van der Waals surface area contributed by atoms with Gasteiger partial charge in [-0.1, -0.05) is 42.5 Å². The minimum absolute atomic E-state index is 0.930. The fourth-order valence-corrected chi connectivity index (χ4v) is 7.10. The van der Waals surface area contributed by atoms with Gasteiger partial charge in [-0.2, -0.15) is 0 Å². The lowest BCUT2D eigenvalue weighted by Crippen LogP contribution is -1.95. The number of aromatic nitrogens is 5. The highest BCUT2D eigenvalue weighted by Gasteiger charge is 2.23. The summed E-state index contributed by atoms with van der Waals surface area (Å²) in [6.07, 6.45) is 8.49. The zero-order valence-corrected chi connectivity index (χ0v) is 21.9. The van der Waals surface area contributed by atoms with Gasteiger partial charge >= 0.3 is 0 Å². The van der Waals surface area contributed by atoms with Crippen LogP contribution in [0.4, 0.5) is 0 Å². The quantitative estimate of drug-likeness (QED) is 0.204. The van der Waals surface area contributed by atoms with Crippen LogP contribution in [0.15, 0.2) is 116 Å². The van der Waals surface area contributed by atoms with E-state index in [1.165, 1.54) is 49.4 Å². The molecule has 0 saturated carbocycles. The van der Waals surface area contributed by atoms with Crippen molar-refractivity contribution in [2.45, 2.75) is 6.42 Å². The average Bonchev–Trinajstić information content (AvgIpc) is 3.69. The molecule has 0 N–H and O–H groups in total. The van der Waals surface area contributed by atoms with Crippen LogP contribution in [-0.4, -0.2) is 23.9 Å². The third kappa shape index (κ3) is 2.72. The molecule has 5 heteroatoms. The molecule has 0 fully saturated rings. The SMILES string of the molecule is c1ccc(-n2c3cc4c(cc3c3cc5c(cc32)c2ccncc2n2c3cnccc3nc52)Cc2ccccc2-4)cc1. The number of imidazole rings is 1. The molecule has 5 aromatic heterocycles. The Hall–Kier alpha value is -5.55. The largest absolute Gasteiger partial charge is 0.309 e. The van der Waals surface area contributed by atoms with Crippen molar-refractivity contribution in [2.75, 3.05) is 0 Å². The van der Waals surface area contributed by atoms with E-state index in [-0.39, 0.29) is 0 Å². The van der Waals surface area contributed by atoms with Crippen molar-refractivity contribution < 1.29 is 0 Å². The lowest BCUT2D eigenvalue weighted by Gasteiger charge is -2.11. The molecule has 41 heavy (non-hydrogen) atoms. The summed E-state index contributed by atoms with van der Waals surface area (Å²) >= 11 is 0. The van der Waals surface area contributed by atoms with E-state index >= 15 is 0 Å². The zero-order chi connectivity index (χ0) is 26.7. The maximum absolute atomic E-state index is 5.12. The fraction of sp³-hybridized carbons (Fsp3) is 0.0278. The monoisotopic (exact) mass is 523 g/mol. The highest BCUT2D eigenvalue weighted by molar-refractivity contribution is 6.22. The van der Waals surface area contributed by atoms with Gasteiger partial charge < -0.3 is 4.57 Å². The van der Waals surface area contributed by atoms with Gasteiger partial charge in [0.15, 0.2) is 0 Å². The Morgan fingerprint density at radius 1 is 0.537 bits per heavy atom. The highest BCUT2D eigenvalue weighted by Crippen LogP contribution is 2.44. The van der Waals surface area contributed by atoms with Crippen molar-refractivity contribution in [1.82, 2.24) is 23.9 Å². The van der Waals surface area contributed by atoms with Crippen LogP contribution < -0.4 is 0 Å². The van der Waals surface area contributed by atoms with E-state index in [1.807, 2.05) is 30.9 Å². The zero-order valence-electron chi connectivity index (χ0n) is 21.9. The Morgan fingerprint density at radius 2 is 1.32 bits per heavy atom. The van der Waals surface area contributed by atoms with Gasteiger partial charge in [0, 0.05) is 39.6 Å². The molecule has 0 saturated heterocycles. The lowest BCUT2D eigenvalue weighted by molar-refractivity contribution is 1.18. The number of para-hydroxylation sites is 1. The van der Waals surface area contributed by atoms with Crippen LogP contribution in [0.2, 0.25) is 0 Å². The summed E-state index contributed by atoms with van der Waals surface area (Å²) in [7, 11) is 0. The first-order chi connectivity index (χ1) is 20.3. The summed E-state index contributed by atoms with van der Waals surface area (Å²) in [4.78, 5) is 14.0. The third-order valence-corrected chi connectivity index (χ3v) is 8.86. The topological polar surface area (TPSA) is 48.0 Å². The van der Waals surface area contributed by atoms with Crippen molar-refractivity contribution in [3.05, 3.63) is 127 Å². The van der Waals surface area contributed by atoms with Gasteiger partial charge in [0.1, 0.15) is 5.65 Å². The highest BCUT2D eigenvalue weighted by atomic mass is 15.0. The first-order valence-electron chi connectivity index (χ1n) is 13.9. The number of nitrogens with zero attached hydrogens (tertiary/aromatic N) is 5. The number of hydrogen-bond donors (Lipinski definition) is 0. The Bertz CT molecular complexity index is 2550. The molecule has 4 aromatic carbocycles. The first kappa shape index (κ1) is 21.3. The molecule has 190 valence electrons. The molecule has 0 bridgehead atoms. The maximum atomic E-state index is 5.12. The van der Waals surface area contributed by atoms with Crippen molar-refractivity contribution in [3.63, 3.8) is 0 Å². The Labute approximate surface area is 234 Å². The van der Waals surface area contributed by atoms with Gasteiger partial charge in [0.05, 0.1) is 40.0 Å². The summed E-state index contributed by atoms with van der Waals surface area (Å²) in [5.74, 6) is 0. The Balaban J connectivity index is 1.43. The molecule has 0 unspecified atom stereocenters. The molecule has 10 rings (SSSR count). The minimum atomic E-state index is 0.930. The molecule has 9 aromatic rings. The van der Waals surface area contributed by atoms with Gasteiger partial charge in [-0.25, -0.2) is 4.98 Å². The van der Waals surface area contributed by atoms with Crippen molar-refractivity contribution in [2.24, 2.45) is 0 Å². The normalized spacial score (nSPS) is 12.8. The molecule has 5 nitrogen and oxygen atoms in total. The predicted octanol–water partition coefficient (Wildman–Crippen LogP) is 8.25. The fourth-order valence-electron chi connectivity index (χ4n) is 7.10.